The van der Waals surface area contributed by atoms with E-state index in [0.717, 1.165) is 48.4 Å². The third kappa shape index (κ3) is 6.44. The highest BCUT2D eigenvalue weighted by molar-refractivity contribution is 9.10. The zero-order valence-corrected chi connectivity index (χ0v) is 28.5. The van der Waals surface area contributed by atoms with Crippen molar-refractivity contribution in [1.29, 1.82) is 0 Å². The lowest BCUT2D eigenvalue weighted by Crippen LogP contribution is -2.52. The highest BCUT2D eigenvalue weighted by Gasteiger charge is 2.28. The summed E-state index contributed by atoms with van der Waals surface area (Å²) in [5, 5.41) is 7.47. The molecule has 0 spiro atoms. The lowest BCUT2D eigenvalue weighted by Gasteiger charge is -2.43. The van der Waals surface area contributed by atoms with E-state index in [1.165, 1.54) is 37.2 Å². The quantitative estimate of drug-likeness (QED) is 0.243. The van der Waals surface area contributed by atoms with Crippen molar-refractivity contribution in [3.63, 3.8) is 0 Å². The summed E-state index contributed by atoms with van der Waals surface area (Å²) in [6.45, 7) is 12.4. The molecule has 0 amide bonds. The number of ether oxygens (including phenoxy) is 1. The molecule has 1 aromatic carbocycles. The molecule has 2 fully saturated rings. The normalized spacial score (nSPS) is 17.3. The van der Waals surface area contributed by atoms with Crippen molar-refractivity contribution in [2.75, 3.05) is 82.3 Å². The van der Waals surface area contributed by atoms with Crippen LogP contribution in [0, 0.1) is 6.92 Å². The first-order valence-corrected chi connectivity index (χ1v) is 18.4. The minimum Gasteiger partial charge on any atom is -0.494 e. The molecule has 13 heteroatoms. The number of anilines is 5. The van der Waals surface area contributed by atoms with Crippen LogP contribution < -0.4 is 25.6 Å². The second-order valence-corrected chi connectivity index (χ2v) is 16.2. The van der Waals surface area contributed by atoms with E-state index >= 15 is 0 Å². The largest absolute Gasteiger partial charge is 0.494 e. The Hall–Kier alpha value is -3.18. The van der Waals surface area contributed by atoms with Crippen LogP contribution in [0.4, 0.5) is 28.8 Å². The van der Waals surface area contributed by atoms with Gasteiger partial charge in [-0.2, -0.15) is 4.98 Å². The van der Waals surface area contributed by atoms with Crippen LogP contribution in [0.3, 0.4) is 0 Å². The maximum absolute atomic E-state index is 13.3. The number of hydrogen-bond donors (Lipinski definition) is 2. The average Bonchev–Trinajstić information content (AvgIpc) is 3.47. The molecular formula is C31H41BrN9O2P. The number of methoxy groups -OCH3 is 1. The van der Waals surface area contributed by atoms with Crippen LogP contribution in [-0.4, -0.2) is 102 Å². The van der Waals surface area contributed by atoms with E-state index in [0.29, 0.717) is 28.0 Å². The van der Waals surface area contributed by atoms with Crippen LogP contribution in [-0.2, 0) is 4.57 Å². The van der Waals surface area contributed by atoms with E-state index in [9.17, 15) is 4.57 Å². The zero-order chi connectivity index (χ0) is 31.0. The number of piperidine rings is 1. The maximum atomic E-state index is 13.3. The molecule has 44 heavy (non-hydrogen) atoms. The summed E-state index contributed by atoms with van der Waals surface area (Å²) in [6.07, 6.45) is 9.38. The fraction of sp³-hybridized carbons (Fsp3) is 0.452. The number of rotatable bonds is 8. The number of likely N-dealkylation sites (N-methyl/N-ethyl adjacent to an activating group) is 1. The van der Waals surface area contributed by atoms with Gasteiger partial charge in [-0.1, -0.05) is 0 Å². The topological polar surface area (TPSA) is 103 Å². The first-order valence-electron chi connectivity index (χ1n) is 15.0. The molecule has 0 unspecified atom stereocenters. The van der Waals surface area contributed by atoms with Crippen molar-refractivity contribution in [2.24, 2.45) is 0 Å². The molecule has 5 heterocycles. The van der Waals surface area contributed by atoms with Crippen LogP contribution in [0.1, 0.15) is 18.4 Å². The van der Waals surface area contributed by atoms with Crippen LogP contribution in [0.2, 0.25) is 0 Å². The number of nitrogens with zero attached hydrogens (tertiary/aromatic N) is 7. The molecule has 234 valence electrons. The Morgan fingerprint density at radius 2 is 1.77 bits per heavy atom. The van der Waals surface area contributed by atoms with Gasteiger partial charge in [0.15, 0.2) is 0 Å². The second-order valence-electron chi connectivity index (χ2n) is 12.2. The van der Waals surface area contributed by atoms with Crippen molar-refractivity contribution < 1.29 is 9.30 Å². The van der Waals surface area contributed by atoms with E-state index in [2.05, 4.69) is 77.3 Å². The number of fused-ring (bicyclic) bond motifs is 1. The SMILES string of the molecule is COc1cc(N2CCC(N3CCN(C)CC3)CC2)c(C)cc1Nc1ncc(Br)c(Nc2ccn3cncc3c2P(C)(C)=O)n1. The van der Waals surface area contributed by atoms with Gasteiger partial charge in [0, 0.05) is 69.5 Å². The fourth-order valence-corrected chi connectivity index (χ4v) is 8.08. The number of imidazole rings is 1. The molecule has 0 bridgehead atoms. The summed E-state index contributed by atoms with van der Waals surface area (Å²) in [6, 6.07) is 6.79. The number of aromatic nitrogens is 4. The van der Waals surface area contributed by atoms with Crippen molar-refractivity contribution in [3.05, 3.63) is 53.2 Å². The lowest BCUT2D eigenvalue weighted by molar-refractivity contribution is 0.0982. The predicted molar refractivity (Wildman–Crippen MR) is 183 cm³/mol. The Morgan fingerprint density at radius 3 is 2.48 bits per heavy atom. The van der Waals surface area contributed by atoms with Gasteiger partial charge >= 0.3 is 0 Å². The van der Waals surface area contributed by atoms with Crippen molar-refractivity contribution in [1.82, 2.24) is 29.2 Å². The summed E-state index contributed by atoms with van der Waals surface area (Å²) < 4.78 is 21.7. The van der Waals surface area contributed by atoms with E-state index in [1.807, 2.05) is 16.7 Å². The van der Waals surface area contributed by atoms with Crippen molar-refractivity contribution in [2.45, 2.75) is 25.8 Å². The van der Waals surface area contributed by atoms with Gasteiger partial charge in [-0.25, -0.2) is 9.97 Å². The van der Waals surface area contributed by atoms with E-state index in [-0.39, 0.29) is 0 Å². The smallest absolute Gasteiger partial charge is 0.229 e. The van der Waals surface area contributed by atoms with E-state index in [4.69, 9.17) is 9.72 Å². The fourth-order valence-electron chi connectivity index (χ4n) is 6.35. The van der Waals surface area contributed by atoms with Gasteiger partial charge < -0.3 is 34.1 Å². The number of aryl methyl sites for hydroxylation is 1. The minimum absolute atomic E-state index is 0.414. The molecule has 3 aromatic heterocycles. The predicted octanol–water partition coefficient (Wildman–Crippen LogP) is 5.16. The Morgan fingerprint density at radius 1 is 1.02 bits per heavy atom. The van der Waals surface area contributed by atoms with Gasteiger partial charge in [-0.05, 0) is 73.8 Å². The molecule has 2 saturated heterocycles. The molecule has 0 saturated carbocycles. The first kappa shape index (κ1) is 30.8. The van der Waals surface area contributed by atoms with Gasteiger partial charge in [0.25, 0.3) is 0 Å². The number of nitrogens with one attached hydrogen (secondary N) is 2. The number of piperazine rings is 1. The van der Waals surface area contributed by atoms with Crippen LogP contribution >= 0.6 is 23.1 Å². The summed E-state index contributed by atoms with van der Waals surface area (Å²) in [7, 11) is 1.25. The Balaban J connectivity index is 1.20. The number of halogens is 1. The van der Waals surface area contributed by atoms with E-state index < -0.39 is 7.14 Å². The molecule has 0 radical (unpaired) electrons. The monoisotopic (exact) mass is 681 g/mol. The highest BCUT2D eigenvalue weighted by Crippen LogP contribution is 2.41. The zero-order valence-electron chi connectivity index (χ0n) is 26.0. The molecule has 4 aromatic rings. The Labute approximate surface area is 267 Å². The standard InChI is InChI=1S/C31H41BrN9O2P/c1-21-16-25(28(43-3)17-26(21)40-9-6-22(7-10-40)39-14-12-38(2)13-15-39)36-31-34-18-23(32)30(37-31)35-24-8-11-41-20-33-19-27(41)29(24)44(4,5)42/h8,11,16-20,22H,6-7,9-10,12-15H2,1-5H3,(H2,34,35,36,37). The molecule has 11 nitrogen and oxygen atoms in total. The van der Waals surface area contributed by atoms with Crippen molar-refractivity contribution >= 4 is 62.7 Å². The third-order valence-corrected chi connectivity index (χ3v) is 10.9. The minimum atomic E-state index is -2.66. The van der Waals surface area contributed by atoms with Gasteiger partial charge in [0.05, 0.1) is 46.3 Å². The average molecular weight is 683 g/mol. The lowest BCUT2D eigenvalue weighted by atomic mass is 10.0. The second kappa shape index (κ2) is 12.7. The molecular weight excluding hydrogens is 641 g/mol. The first-order chi connectivity index (χ1) is 21.1. The summed E-state index contributed by atoms with van der Waals surface area (Å²) in [5.74, 6) is 1.70. The summed E-state index contributed by atoms with van der Waals surface area (Å²) in [5.41, 5.74) is 4.68. The molecule has 2 aliphatic rings. The molecule has 2 aliphatic heterocycles. The van der Waals surface area contributed by atoms with Gasteiger partial charge in [-0.3, -0.25) is 4.90 Å². The van der Waals surface area contributed by atoms with Crippen LogP contribution in [0.25, 0.3) is 5.52 Å². The molecule has 0 aliphatic carbocycles. The summed E-state index contributed by atoms with van der Waals surface area (Å²) in [4.78, 5) is 21.1. The van der Waals surface area contributed by atoms with Gasteiger partial charge in [-0.15, -0.1) is 0 Å². The molecule has 6 rings (SSSR count). The number of hydrogen-bond acceptors (Lipinski definition) is 10. The number of benzene rings is 1. The van der Waals surface area contributed by atoms with Crippen LogP contribution in [0.15, 0.2) is 47.6 Å². The van der Waals surface area contributed by atoms with Crippen molar-refractivity contribution in [3.8, 4) is 5.75 Å². The van der Waals surface area contributed by atoms with Crippen LogP contribution in [0.5, 0.6) is 5.75 Å². The number of pyridine rings is 1. The molecule has 2 N–H and O–H groups in total. The molecule has 0 atom stereocenters. The van der Waals surface area contributed by atoms with Gasteiger partial charge in [0.1, 0.15) is 18.7 Å². The Bertz CT molecular complexity index is 1690. The highest BCUT2D eigenvalue weighted by atomic mass is 79.9. The maximum Gasteiger partial charge on any atom is 0.229 e. The Kier molecular flexibility index (Phi) is 8.88. The summed E-state index contributed by atoms with van der Waals surface area (Å²) >= 11 is 3.58. The third-order valence-electron chi connectivity index (χ3n) is 8.73. The van der Waals surface area contributed by atoms with E-state index in [1.54, 1.807) is 39.2 Å². The van der Waals surface area contributed by atoms with Gasteiger partial charge in [0.2, 0.25) is 5.95 Å².